The molecule has 3 amide bonds. The number of ether oxygens (including phenoxy) is 1. The van der Waals surface area contributed by atoms with Gasteiger partial charge < -0.3 is 19.9 Å². The molecule has 0 aromatic heterocycles. The van der Waals surface area contributed by atoms with E-state index in [2.05, 4.69) is 21.2 Å². The van der Waals surface area contributed by atoms with Crippen molar-refractivity contribution in [2.45, 2.75) is 25.9 Å². The Morgan fingerprint density at radius 1 is 1.00 bits per heavy atom. The lowest BCUT2D eigenvalue weighted by Crippen LogP contribution is -2.48. The van der Waals surface area contributed by atoms with E-state index in [4.69, 9.17) is 4.74 Å². The molecule has 0 unspecified atom stereocenters. The molecule has 0 bridgehead atoms. The normalized spacial score (nSPS) is 13.6. The van der Waals surface area contributed by atoms with Crippen LogP contribution in [0, 0.1) is 17.6 Å². The van der Waals surface area contributed by atoms with Crippen molar-refractivity contribution >= 4 is 33.7 Å². The maximum absolute atomic E-state index is 14.3. The fraction of sp³-hybridized carbons (Fsp3) is 0.276. The summed E-state index contributed by atoms with van der Waals surface area (Å²) in [7, 11) is 1.52. The number of hydrogen-bond donors (Lipinski definition) is 1. The van der Waals surface area contributed by atoms with Gasteiger partial charge in [0.2, 0.25) is 5.91 Å². The van der Waals surface area contributed by atoms with Gasteiger partial charge in [0.25, 0.3) is 0 Å². The molecule has 0 saturated carbocycles. The minimum atomic E-state index is -0.682. The minimum absolute atomic E-state index is 0.0419. The molecule has 3 aromatic rings. The molecule has 1 saturated heterocycles. The Kier molecular flexibility index (Phi) is 9.29. The Morgan fingerprint density at radius 3 is 2.38 bits per heavy atom. The minimum Gasteiger partial charge on any atom is -0.454 e. The molecule has 39 heavy (non-hydrogen) atoms. The van der Waals surface area contributed by atoms with E-state index in [1.165, 1.54) is 41.1 Å². The number of piperidine rings is 1. The number of carbonyl (C=O) groups excluding carboxylic acids is 3. The zero-order valence-corrected chi connectivity index (χ0v) is 22.9. The Labute approximate surface area is 233 Å². The summed E-state index contributed by atoms with van der Waals surface area (Å²) in [6.45, 7) is 0.952. The van der Waals surface area contributed by atoms with Crippen LogP contribution in [0.15, 0.2) is 71.2 Å². The molecular formula is C29H28BrF2N3O4. The third kappa shape index (κ3) is 7.41. The second kappa shape index (κ2) is 12.8. The van der Waals surface area contributed by atoms with Crippen LogP contribution >= 0.6 is 15.9 Å². The SMILES string of the molecule is CN(Cc1ccccc1Oc1ccc(Br)cc1F)C(=O)C(=O)N1CCC(C(=O)NCc2ccc(F)cc2)CC1. The predicted molar refractivity (Wildman–Crippen MR) is 145 cm³/mol. The Balaban J connectivity index is 1.29. The number of halogens is 3. The topological polar surface area (TPSA) is 79.0 Å². The number of hydrogen-bond acceptors (Lipinski definition) is 4. The molecule has 0 atom stereocenters. The van der Waals surface area contributed by atoms with Crippen LogP contribution in [0.4, 0.5) is 8.78 Å². The van der Waals surface area contributed by atoms with Crippen LogP contribution in [-0.4, -0.2) is 47.7 Å². The molecule has 7 nitrogen and oxygen atoms in total. The second-order valence-electron chi connectivity index (χ2n) is 9.36. The standard InChI is InChI=1S/C29H28BrF2N3O4/c1-34(18-21-4-2-3-5-25(21)39-26-11-8-22(30)16-24(26)32)28(37)29(38)35-14-12-20(13-15-35)27(36)33-17-19-6-9-23(31)10-7-19/h2-11,16,20H,12-15,17-18H2,1H3,(H,33,36). The van der Waals surface area contributed by atoms with E-state index in [-0.39, 0.29) is 43.0 Å². The van der Waals surface area contributed by atoms with Gasteiger partial charge in [-0.3, -0.25) is 14.4 Å². The Bertz CT molecular complexity index is 1340. The summed E-state index contributed by atoms with van der Waals surface area (Å²) in [5, 5.41) is 2.85. The zero-order chi connectivity index (χ0) is 27.9. The highest BCUT2D eigenvalue weighted by Gasteiger charge is 2.31. The zero-order valence-electron chi connectivity index (χ0n) is 21.3. The van der Waals surface area contributed by atoms with Gasteiger partial charge in [-0.25, -0.2) is 8.78 Å². The first kappa shape index (κ1) is 28.2. The average molecular weight is 600 g/mol. The summed E-state index contributed by atoms with van der Waals surface area (Å²) < 4.78 is 33.7. The number of carbonyl (C=O) groups is 3. The molecule has 0 spiro atoms. The number of nitrogens with zero attached hydrogens (tertiary/aromatic N) is 2. The maximum atomic E-state index is 14.3. The van der Waals surface area contributed by atoms with Gasteiger partial charge in [-0.15, -0.1) is 0 Å². The molecule has 0 aliphatic carbocycles. The van der Waals surface area contributed by atoms with Crippen LogP contribution in [0.1, 0.15) is 24.0 Å². The molecule has 0 radical (unpaired) electrons. The molecule has 204 valence electrons. The lowest BCUT2D eigenvalue weighted by molar-refractivity contribution is -0.152. The second-order valence-corrected chi connectivity index (χ2v) is 10.3. The van der Waals surface area contributed by atoms with Crippen LogP contribution < -0.4 is 10.1 Å². The van der Waals surface area contributed by atoms with Crippen LogP contribution in [0.5, 0.6) is 11.5 Å². The number of nitrogens with one attached hydrogen (secondary N) is 1. The Morgan fingerprint density at radius 2 is 1.69 bits per heavy atom. The van der Waals surface area contributed by atoms with Gasteiger partial charge >= 0.3 is 11.8 Å². The fourth-order valence-electron chi connectivity index (χ4n) is 4.32. The van der Waals surface area contributed by atoms with Crippen molar-refractivity contribution in [1.82, 2.24) is 15.1 Å². The summed E-state index contributed by atoms with van der Waals surface area (Å²) in [4.78, 5) is 41.2. The molecule has 1 N–H and O–H groups in total. The van der Waals surface area contributed by atoms with Crippen LogP contribution in [0.2, 0.25) is 0 Å². The van der Waals surface area contributed by atoms with Gasteiger partial charge in [-0.2, -0.15) is 0 Å². The lowest BCUT2D eigenvalue weighted by Gasteiger charge is -2.32. The quantitative estimate of drug-likeness (QED) is 0.386. The number of likely N-dealkylation sites (tertiary alicyclic amines) is 1. The van der Waals surface area contributed by atoms with Crippen molar-refractivity contribution in [3.05, 3.63) is 94.0 Å². The van der Waals surface area contributed by atoms with E-state index >= 15 is 0 Å². The van der Waals surface area contributed by atoms with Crippen molar-refractivity contribution in [3.8, 4) is 11.5 Å². The van der Waals surface area contributed by atoms with E-state index in [1.54, 1.807) is 42.5 Å². The molecule has 1 aliphatic rings. The van der Waals surface area contributed by atoms with Gasteiger partial charge in [0, 0.05) is 49.2 Å². The fourth-order valence-corrected chi connectivity index (χ4v) is 4.65. The Hall–Kier alpha value is -3.79. The molecule has 1 heterocycles. The van der Waals surface area contributed by atoms with Gasteiger partial charge in [0.1, 0.15) is 11.6 Å². The van der Waals surface area contributed by atoms with Crippen molar-refractivity contribution in [1.29, 1.82) is 0 Å². The van der Waals surface area contributed by atoms with Crippen molar-refractivity contribution < 1.29 is 27.9 Å². The largest absolute Gasteiger partial charge is 0.454 e. The summed E-state index contributed by atoms with van der Waals surface area (Å²) in [5.74, 6) is -2.18. The third-order valence-electron chi connectivity index (χ3n) is 6.56. The number of amides is 3. The molecule has 1 fully saturated rings. The number of likely N-dealkylation sites (N-methyl/N-ethyl adjacent to an activating group) is 1. The van der Waals surface area contributed by atoms with Crippen molar-refractivity contribution in [3.63, 3.8) is 0 Å². The molecule has 3 aromatic carbocycles. The summed E-state index contributed by atoms with van der Waals surface area (Å²) >= 11 is 3.21. The monoisotopic (exact) mass is 599 g/mol. The highest BCUT2D eigenvalue weighted by Crippen LogP contribution is 2.30. The highest BCUT2D eigenvalue weighted by atomic mass is 79.9. The molecule has 1 aliphatic heterocycles. The molecule has 4 rings (SSSR count). The summed E-state index contributed by atoms with van der Waals surface area (Å²) in [5.41, 5.74) is 1.40. The van der Waals surface area contributed by atoms with Gasteiger partial charge in [-0.05, 0) is 54.8 Å². The van der Waals surface area contributed by atoms with E-state index in [9.17, 15) is 23.2 Å². The lowest BCUT2D eigenvalue weighted by atomic mass is 9.95. The average Bonchev–Trinajstić information content (AvgIpc) is 2.94. The van der Waals surface area contributed by atoms with Crippen LogP contribution in [0.3, 0.4) is 0 Å². The molecule has 10 heteroatoms. The van der Waals surface area contributed by atoms with E-state index < -0.39 is 17.6 Å². The predicted octanol–water partition coefficient (Wildman–Crippen LogP) is 5.03. The third-order valence-corrected chi connectivity index (χ3v) is 7.05. The maximum Gasteiger partial charge on any atom is 0.312 e. The van der Waals surface area contributed by atoms with Crippen LogP contribution in [-0.2, 0) is 27.5 Å². The molecular weight excluding hydrogens is 572 g/mol. The van der Waals surface area contributed by atoms with E-state index in [0.29, 0.717) is 35.2 Å². The van der Waals surface area contributed by atoms with Crippen molar-refractivity contribution in [2.24, 2.45) is 5.92 Å². The van der Waals surface area contributed by atoms with Gasteiger partial charge in [0.05, 0.1) is 0 Å². The van der Waals surface area contributed by atoms with Crippen LogP contribution in [0.25, 0.3) is 0 Å². The first-order valence-electron chi connectivity index (χ1n) is 12.5. The van der Waals surface area contributed by atoms with Gasteiger partial charge in [-0.1, -0.05) is 46.3 Å². The first-order chi connectivity index (χ1) is 18.7. The van der Waals surface area contributed by atoms with E-state index in [0.717, 1.165) is 5.56 Å². The summed E-state index contributed by atoms with van der Waals surface area (Å²) in [6, 6.07) is 17.3. The smallest absolute Gasteiger partial charge is 0.312 e. The number of rotatable bonds is 7. The van der Waals surface area contributed by atoms with Crippen molar-refractivity contribution in [2.75, 3.05) is 20.1 Å². The van der Waals surface area contributed by atoms with Gasteiger partial charge in [0.15, 0.2) is 11.6 Å². The highest BCUT2D eigenvalue weighted by molar-refractivity contribution is 9.10. The number of para-hydroxylation sites is 1. The van der Waals surface area contributed by atoms with E-state index in [1.807, 2.05) is 0 Å². The first-order valence-corrected chi connectivity index (χ1v) is 13.3. The number of benzene rings is 3. The summed E-state index contributed by atoms with van der Waals surface area (Å²) in [6.07, 6.45) is 0.876.